The van der Waals surface area contributed by atoms with Crippen molar-refractivity contribution in [3.8, 4) is 5.75 Å². The van der Waals surface area contributed by atoms with Crippen LogP contribution in [0.3, 0.4) is 0 Å². The largest absolute Gasteiger partial charge is 0.491 e. The predicted molar refractivity (Wildman–Crippen MR) is 118 cm³/mol. The fourth-order valence-electron chi connectivity index (χ4n) is 4.62. The zero-order chi connectivity index (χ0) is 23.7. The van der Waals surface area contributed by atoms with Gasteiger partial charge in [0.25, 0.3) is 0 Å². The second-order valence-corrected chi connectivity index (χ2v) is 11.7. The number of carboxylic acid groups (broad SMARTS) is 1. The highest BCUT2D eigenvalue weighted by Crippen LogP contribution is 2.46. The molecule has 2 heterocycles. The number of likely N-dealkylation sites (tertiary alicyclic amines) is 1. The summed E-state index contributed by atoms with van der Waals surface area (Å²) in [5.41, 5.74) is -0.301. The third-order valence-corrected chi connectivity index (χ3v) is 9.57. The second-order valence-electron chi connectivity index (χ2n) is 9.36. The van der Waals surface area contributed by atoms with Gasteiger partial charge in [0.2, 0.25) is 0 Å². The van der Waals surface area contributed by atoms with Gasteiger partial charge in [-0.15, -0.1) is 0 Å². The summed E-state index contributed by atoms with van der Waals surface area (Å²) in [5.74, 6) is 0.345. The lowest BCUT2D eigenvalue weighted by Gasteiger charge is -2.37. The van der Waals surface area contributed by atoms with Crippen molar-refractivity contribution in [1.29, 1.82) is 0 Å². The van der Waals surface area contributed by atoms with E-state index in [1.54, 1.807) is 12.1 Å². The Labute approximate surface area is 193 Å². The number of carbonyl (C=O) groups is 1. The Morgan fingerprint density at radius 3 is 2.64 bits per heavy atom. The minimum absolute atomic E-state index is 0.00602. The number of hydrogen-bond donors (Lipinski definition) is 4. The molecule has 4 N–H and O–H groups in total. The van der Waals surface area contributed by atoms with Gasteiger partial charge in [-0.1, -0.05) is 6.07 Å². The minimum Gasteiger partial charge on any atom is -0.491 e. The topological polar surface area (TPSA) is 146 Å². The van der Waals surface area contributed by atoms with Crippen molar-refractivity contribution in [3.05, 3.63) is 24.3 Å². The molecule has 0 aromatic heterocycles. The minimum atomic E-state index is -3.64. The summed E-state index contributed by atoms with van der Waals surface area (Å²) in [6, 6.07) is 6.22. The first-order valence-corrected chi connectivity index (χ1v) is 12.8. The lowest BCUT2D eigenvalue weighted by Crippen LogP contribution is -2.46. The number of amides is 1. The molecule has 1 aliphatic carbocycles. The van der Waals surface area contributed by atoms with Crippen LogP contribution in [0.5, 0.6) is 5.75 Å². The number of nitrogens with one attached hydrogen (secondary N) is 1. The van der Waals surface area contributed by atoms with E-state index in [0.29, 0.717) is 51.1 Å². The Hall–Kier alpha value is -1.92. The van der Waals surface area contributed by atoms with Crippen LogP contribution in [0.1, 0.15) is 32.1 Å². The van der Waals surface area contributed by atoms with Gasteiger partial charge >= 0.3 is 6.09 Å². The van der Waals surface area contributed by atoms with Crippen LogP contribution in [0, 0.1) is 0 Å². The Kier molecular flexibility index (Phi) is 6.88. The third kappa shape index (κ3) is 5.12. The van der Waals surface area contributed by atoms with Crippen LogP contribution >= 0.6 is 0 Å². The number of nitrogens with zero attached hydrogens (tertiary/aromatic N) is 1. The first-order chi connectivity index (χ1) is 15.7. The summed E-state index contributed by atoms with van der Waals surface area (Å²) in [6.07, 6.45) is 1.30. The maximum atomic E-state index is 12.7. The summed E-state index contributed by atoms with van der Waals surface area (Å²) in [5, 5.41) is 32.2. The standard InChI is InChI=1S/C22H32N2O8S/c25-15-22(4-5-22)33(29,30)19-3-1-2-18(10-19)31-14-17(26)12-23-16-11-21(32-13-16)6-8-24(9-7-21)20(27)28/h1-3,10,16-17,23,25-26H,4-9,11-15H2,(H,27,28). The molecule has 0 bridgehead atoms. The first kappa shape index (κ1) is 24.2. The quantitative estimate of drug-likeness (QED) is 0.396. The molecule has 1 spiro atoms. The van der Waals surface area contributed by atoms with E-state index in [1.807, 2.05) is 0 Å². The van der Waals surface area contributed by atoms with E-state index < -0.39 is 33.4 Å². The van der Waals surface area contributed by atoms with E-state index in [-0.39, 0.29) is 29.7 Å². The number of piperidine rings is 1. The molecular weight excluding hydrogens is 452 g/mol. The molecule has 2 unspecified atom stereocenters. The molecule has 1 saturated carbocycles. The van der Waals surface area contributed by atoms with Crippen LogP contribution in [-0.4, -0.2) is 96.7 Å². The normalized spacial score (nSPS) is 24.5. The van der Waals surface area contributed by atoms with Gasteiger partial charge < -0.3 is 35.0 Å². The van der Waals surface area contributed by atoms with Crippen molar-refractivity contribution in [2.75, 3.05) is 39.5 Å². The van der Waals surface area contributed by atoms with E-state index in [9.17, 15) is 23.4 Å². The molecule has 1 amide bonds. The molecule has 10 nitrogen and oxygen atoms in total. The Morgan fingerprint density at radius 1 is 1.27 bits per heavy atom. The summed E-state index contributed by atoms with van der Waals surface area (Å²) in [7, 11) is -3.64. The lowest BCUT2D eigenvalue weighted by molar-refractivity contribution is -0.0395. The molecule has 3 fully saturated rings. The van der Waals surface area contributed by atoms with Crippen LogP contribution in [0.15, 0.2) is 29.2 Å². The average molecular weight is 485 g/mol. The van der Waals surface area contributed by atoms with Crippen molar-refractivity contribution >= 4 is 15.9 Å². The molecule has 2 atom stereocenters. The van der Waals surface area contributed by atoms with Crippen LogP contribution in [0.25, 0.3) is 0 Å². The summed E-state index contributed by atoms with van der Waals surface area (Å²) in [6.45, 7) is 1.33. The second kappa shape index (κ2) is 9.38. The van der Waals surface area contributed by atoms with E-state index in [2.05, 4.69) is 5.32 Å². The number of aliphatic hydroxyl groups excluding tert-OH is 2. The van der Waals surface area contributed by atoms with Gasteiger partial charge in [-0.25, -0.2) is 13.2 Å². The number of sulfone groups is 1. The molecule has 1 aromatic carbocycles. The number of benzene rings is 1. The predicted octanol–water partition coefficient (Wildman–Crippen LogP) is 0.616. The Morgan fingerprint density at radius 2 is 2.00 bits per heavy atom. The zero-order valence-electron chi connectivity index (χ0n) is 18.5. The van der Waals surface area contributed by atoms with Crippen molar-refractivity contribution < 1.29 is 38.0 Å². The van der Waals surface area contributed by atoms with Gasteiger partial charge in [0.15, 0.2) is 9.84 Å². The molecule has 2 aliphatic heterocycles. The van der Waals surface area contributed by atoms with E-state index in [4.69, 9.17) is 14.6 Å². The molecule has 4 rings (SSSR count). The lowest BCUT2D eigenvalue weighted by atomic mass is 9.87. The fraction of sp³-hybridized carbons (Fsp3) is 0.682. The smallest absolute Gasteiger partial charge is 0.407 e. The number of ether oxygens (including phenoxy) is 2. The van der Waals surface area contributed by atoms with Crippen LogP contribution < -0.4 is 10.1 Å². The maximum Gasteiger partial charge on any atom is 0.407 e. The van der Waals surface area contributed by atoms with Crippen molar-refractivity contribution in [1.82, 2.24) is 10.2 Å². The molecule has 3 aliphatic rings. The molecular formula is C22H32N2O8S. The summed E-state index contributed by atoms with van der Waals surface area (Å²) >= 11 is 0. The van der Waals surface area contributed by atoms with Crippen molar-refractivity contribution in [3.63, 3.8) is 0 Å². The Balaban J connectivity index is 1.22. The molecule has 11 heteroatoms. The van der Waals surface area contributed by atoms with Crippen molar-refractivity contribution in [2.24, 2.45) is 0 Å². The van der Waals surface area contributed by atoms with Crippen molar-refractivity contribution in [2.45, 2.75) is 59.5 Å². The SMILES string of the molecule is O=C(O)N1CCC2(CC1)CC(NCC(O)COc1cccc(S(=O)(=O)C3(CO)CC3)c1)CO2. The molecule has 1 aromatic rings. The molecule has 33 heavy (non-hydrogen) atoms. The highest BCUT2D eigenvalue weighted by atomic mass is 32.2. The number of hydrogen-bond acceptors (Lipinski definition) is 8. The van der Waals surface area contributed by atoms with Gasteiger partial charge in [-0.2, -0.15) is 0 Å². The fourth-order valence-corrected chi connectivity index (χ4v) is 6.45. The Bertz CT molecular complexity index is 957. The zero-order valence-corrected chi connectivity index (χ0v) is 19.3. The summed E-state index contributed by atoms with van der Waals surface area (Å²) < 4.78 is 36.0. The number of aliphatic hydroxyl groups is 2. The van der Waals surface area contributed by atoms with E-state index >= 15 is 0 Å². The van der Waals surface area contributed by atoms with Crippen LogP contribution in [0.4, 0.5) is 4.79 Å². The summed E-state index contributed by atoms with van der Waals surface area (Å²) in [4.78, 5) is 12.6. The number of rotatable bonds is 9. The maximum absolute atomic E-state index is 12.7. The van der Waals surface area contributed by atoms with E-state index in [0.717, 1.165) is 6.42 Å². The first-order valence-electron chi connectivity index (χ1n) is 11.3. The van der Waals surface area contributed by atoms with Gasteiger partial charge in [-0.05, 0) is 50.3 Å². The van der Waals surface area contributed by atoms with Crippen LogP contribution in [-0.2, 0) is 14.6 Å². The molecule has 2 saturated heterocycles. The third-order valence-electron chi connectivity index (χ3n) is 7.02. The van der Waals surface area contributed by atoms with Gasteiger partial charge in [0, 0.05) is 25.7 Å². The van der Waals surface area contributed by atoms with Gasteiger partial charge in [-0.3, -0.25) is 0 Å². The highest BCUT2D eigenvalue weighted by molar-refractivity contribution is 7.93. The monoisotopic (exact) mass is 484 g/mol. The van der Waals surface area contributed by atoms with E-state index in [1.165, 1.54) is 17.0 Å². The molecule has 0 radical (unpaired) electrons. The average Bonchev–Trinajstić information content (AvgIpc) is 3.54. The van der Waals surface area contributed by atoms with Gasteiger partial charge in [0.05, 0.1) is 28.5 Å². The van der Waals surface area contributed by atoms with Gasteiger partial charge in [0.1, 0.15) is 18.5 Å². The van der Waals surface area contributed by atoms with Crippen LogP contribution in [0.2, 0.25) is 0 Å². The molecule has 184 valence electrons. The highest BCUT2D eigenvalue weighted by Gasteiger charge is 2.54.